The molecule has 23 heavy (non-hydrogen) atoms. The second-order valence-electron chi connectivity index (χ2n) is 5.34. The lowest BCUT2D eigenvalue weighted by molar-refractivity contribution is -0.161. The van der Waals surface area contributed by atoms with Crippen molar-refractivity contribution in [3.05, 3.63) is 108 Å². The number of ether oxygens (including phenoxy) is 2. The van der Waals surface area contributed by atoms with E-state index in [9.17, 15) is 0 Å². The van der Waals surface area contributed by atoms with Crippen LogP contribution in [0.15, 0.2) is 91.0 Å². The van der Waals surface area contributed by atoms with Gasteiger partial charge in [0.05, 0.1) is 13.2 Å². The summed E-state index contributed by atoms with van der Waals surface area (Å²) in [6.07, 6.45) is -0.378. The summed E-state index contributed by atoms with van der Waals surface area (Å²) in [5.41, 5.74) is 3.30. The molecule has 3 rings (SSSR count). The zero-order valence-corrected chi connectivity index (χ0v) is 13.0. The molecular formula is C21H20O2. The van der Waals surface area contributed by atoms with E-state index in [1.54, 1.807) is 0 Å². The molecule has 0 radical (unpaired) electrons. The van der Waals surface area contributed by atoms with E-state index in [2.05, 4.69) is 24.3 Å². The highest BCUT2D eigenvalue weighted by molar-refractivity contribution is 5.18. The van der Waals surface area contributed by atoms with Crippen molar-refractivity contribution in [1.82, 2.24) is 0 Å². The van der Waals surface area contributed by atoms with E-state index in [0.717, 1.165) is 16.7 Å². The topological polar surface area (TPSA) is 18.5 Å². The quantitative estimate of drug-likeness (QED) is 0.564. The molecule has 0 heterocycles. The molecule has 2 heteroatoms. The van der Waals surface area contributed by atoms with Crippen LogP contribution in [-0.4, -0.2) is 0 Å². The first-order chi connectivity index (χ1) is 11.4. The normalized spacial score (nSPS) is 10.8. The minimum atomic E-state index is -0.378. The van der Waals surface area contributed by atoms with Gasteiger partial charge in [-0.1, -0.05) is 91.0 Å². The maximum atomic E-state index is 6.01. The second kappa shape index (κ2) is 8.28. The van der Waals surface area contributed by atoms with Gasteiger partial charge in [-0.3, -0.25) is 0 Å². The summed E-state index contributed by atoms with van der Waals surface area (Å²) in [6.45, 7) is 1.05. The molecular weight excluding hydrogens is 284 g/mol. The molecule has 0 aliphatic heterocycles. The molecule has 0 unspecified atom stereocenters. The van der Waals surface area contributed by atoms with Gasteiger partial charge < -0.3 is 9.47 Å². The minimum absolute atomic E-state index is 0.378. The highest BCUT2D eigenvalue weighted by Crippen LogP contribution is 2.22. The molecule has 116 valence electrons. The molecule has 0 spiro atoms. The van der Waals surface area contributed by atoms with Crippen LogP contribution in [0.3, 0.4) is 0 Å². The summed E-state index contributed by atoms with van der Waals surface area (Å²) in [7, 11) is 0. The van der Waals surface area contributed by atoms with Gasteiger partial charge in [0, 0.05) is 5.56 Å². The summed E-state index contributed by atoms with van der Waals surface area (Å²) in [6, 6.07) is 30.3. The van der Waals surface area contributed by atoms with Crippen LogP contribution in [0.25, 0.3) is 0 Å². The molecule has 3 aromatic carbocycles. The van der Waals surface area contributed by atoms with E-state index in [1.165, 1.54) is 0 Å². The van der Waals surface area contributed by atoms with Gasteiger partial charge in [0.15, 0.2) is 6.29 Å². The lowest BCUT2D eigenvalue weighted by Gasteiger charge is -2.19. The molecule has 0 saturated carbocycles. The monoisotopic (exact) mass is 304 g/mol. The van der Waals surface area contributed by atoms with Crippen molar-refractivity contribution in [2.75, 3.05) is 0 Å². The third-order valence-electron chi connectivity index (χ3n) is 3.56. The molecule has 0 amide bonds. The van der Waals surface area contributed by atoms with Crippen LogP contribution in [-0.2, 0) is 22.7 Å². The first-order valence-electron chi connectivity index (χ1n) is 7.78. The smallest absolute Gasteiger partial charge is 0.184 e. The zero-order valence-electron chi connectivity index (χ0n) is 13.0. The van der Waals surface area contributed by atoms with E-state index in [4.69, 9.17) is 9.47 Å². The molecule has 0 aliphatic carbocycles. The van der Waals surface area contributed by atoms with Crippen LogP contribution in [0.2, 0.25) is 0 Å². The highest BCUT2D eigenvalue weighted by atomic mass is 16.7. The van der Waals surface area contributed by atoms with Crippen LogP contribution < -0.4 is 0 Å². The molecule has 3 aromatic rings. The van der Waals surface area contributed by atoms with E-state index in [1.807, 2.05) is 66.7 Å². The Labute approximate surface area is 137 Å². The molecule has 0 bridgehead atoms. The zero-order chi connectivity index (χ0) is 15.7. The van der Waals surface area contributed by atoms with Gasteiger partial charge in [-0.05, 0) is 11.1 Å². The number of hydrogen-bond donors (Lipinski definition) is 0. The molecule has 2 nitrogen and oxygen atoms in total. The van der Waals surface area contributed by atoms with Crippen molar-refractivity contribution in [3.63, 3.8) is 0 Å². The van der Waals surface area contributed by atoms with Crippen LogP contribution in [0.5, 0.6) is 0 Å². The first-order valence-corrected chi connectivity index (χ1v) is 7.78. The minimum Gasteiger partial charge on any atom is -0.344 e. The number of hydrogen-bond acceptors (Lipinski definition) is 2. The standard InChI is InChI=1S/C21H20O2/c1-4-10-18(11-5-1)16-22-21(20-14-8-3-9-15-20)23-17-19-12-6-2-7-13-19/h1-15,21H,16-17H2. The lowest BCUT2D eigenvalue weighted by Crippen LogP contribution is -2.09. The average Bonchev–Trinajstić information content (AvgIpc) is 2.64. The van der Waals surface area contributed by atoms with E-state index in [0.29, 0.717) is 13.2 Å². The Morgan fingerprint density at radius 2 is 0.913 bits per heavy atom. The first kappa shape index (κ1) is 15.5. The molecule has 0 N–H and O–H groups in total. The fourth-order valence-corrected chi connectivity index (χ4v) is 2.34. The van der Waals surface area contributed by atoms with Gasteiger partial charge in [0.25, 0.3) is 0 Å². The Kier molecular flexibility index (Phi) is 5.57. The lowest BCUT2D eigenvalue weighted by atomic mass is 10.2. The van der Waals surface area contributed by atoms with Crippen molar-refractivity contribution >= 4 is 0 Å². The largest absolute Gasteiger partial charge is 0.344 e. The second-order valence-corrected chi connectivity index (χ2v) is 5.34. The van der Waals surface area contributed by atoms with E-state index < -0.39 is 0 Å². The molecule has 0 atom stereocenters. The van der Waals surface area contributed by atoms with Gasteiger partial charge in [0.2, 0.25) is 0 Å². The third kappa shape index (κ3) is 4.78. The van der Waals surface area contributed by atoms with Crippen molar-refractivity contribution < 1.29 is 9.47 Å². The molecule has 0 aromatic heterocycles. The molecule has 0 aliphatic rings. The maximum absolute atomic E-state index is 6.01. The number of rotatable bonds is 7. The SMILES string of the molecule is c1ccc(COC(OCc2ccccc2)c2ccccc2)cc1. The van der Waals surface area contributed by atoms with Gasteiger partial charge in [-0.2, -0.15) is 0 Å². The van der Waals surface area contributed by atoms with Crippen molar-refractivity contribution in [2.45, 2.75) is 19.5 Å². The van der Waals surface area contributed by atoms with Crippen molar-refractivity contribution in [3.8, 4) is 0 Å². The van der Waals surface area contributed by atoms with Crippen molar-refractivity contribution in [2.24, 2.45) is 0 Å². The molecule has 0 saturated heterocycles. The summed E-state index contributed by atoms with van der Waals surface area (Å²) in [5, 5.41) is 0. The predicted octanol–water partition coefficient (Wildman–Crippen LogP) is 5.12. The maximum Gasteiger partial charge on any atom is 0.184 e. The Bertz CT molecular complexity index is 637. The fourth-order valence-electron chi connectivity index (χ4n) is 2.34. The summed E-state index contributed by atoms with van der Waals surface area (Å²) < 4.78 is 12.0. The van der Waals surface area contributed by atoms with Crippen LogP contribution in [0, 0.1) is 0 Å². The number of benzene rings is 3. The van der Waals surface area contributed by atoms with Crippen LogP contribution in [0.1, 0.15) is 23.0 Å². The van der Waals surface area contributed by atoms with E-state index in [-0.39, 0.29) is 6.29 Å². The van der Waals surface area contributed by atoms with E-state index >= 15 is 0 Å². The van der Waals surface area contributed by atoms with Gasteiger partial charge in [0.1, 0.15) is 0 Å². The summed E-state index contributed by atoms with van der Waals surface area (Å²) >= 11 is 0. The van der Waals surface area contributed by atoms with Crippen LogP contribution >= 0.6 is 0 Å². The summed E-state index contributed by atoms with van der Waals surface area (Å²) in [4.78, 5) is 0. The van der Waals surface area contributed by atoms with Crippen molar-refractivity contribution in [1.29, 1.82) is 0 Å². The highest BCUT2D eigenvalue weighted by Gasteiger charge is 2.12. The van der Waals surface area contributed by atoms with Gasteiger partial charge >= 0.3 is 0 Å². The Balaban J connectivity index is 1.66. The van der Waals surface area contributed by atoms with Gasteiger partial charge in [-0.15, -0.1) is 0 Å². The fraction of sp³-hybridized carbons (Fsp3) is 0.143. The Morgan fingerprint density at radius 1 is 0.522 bits per heavy atom. The third-order valence-corrected chi connectivity index (χ3v) is 3.56. The average molecular weight is 304 g/mol. The Hall–Kier alpha value is -2.42. The van der Waals surface area contributed by atoms with Crippen LogP contribution in [0.4, 0.5) is 0 Å². The predicted molar refractivity (Wildman–Crippen MR) is 91.6 cm³/mol. The summed E-state index contributed by atoms with van der Waals surface area (Å²) in [5.74, 6) is 0. The van der Waals surface area contributed by atoms with Gasteiger partial charge in [-0.25, -0.2) is 0 Å². The Morgan fingerprint density at radius 3 is 1.35 bits per heavy atom. The molecule has 0 fully saturated rings.